The Morgan fingerprint density at radius 1 is 1.27 bits per heavy atom. The van der Waals surface area contributed by atoms with Gasteiger partial charge in [-0.15, -0.1) is 0 Å². The summed E-state index contributed by atoms with van der Waals surface area (Å²) in [4.78, 5) is 27.1. The van der Waals surface area contributed by atoms with Crippen molar-refractivity contribution in [3.63, 3.8) is 0 Å². The fourth-order valence-electron chi connectivity index (χ4n) is 1.01. The van der Waals surface area contributed by atoms with Crippen LogP contribution in [0.3, 0.4) is 0 Å². The third kappa shape index (κ3) is 3.26. The van der Waals surface area contributed by atoms with Crippen LogP contribution in [0.4, 0.5) is 11.4 Å². The fraction of sp³-hybridized carbons (Fsp3) is 0.200. The molecule has 5 heteroatoms. The van der Waals surface area contributed by atoms with E-state index in [2.05, 4.69) is 32.0 Å². The van der Waals surface area contributed by atoms with Crippen molar-refractivity contribution >= 4 is 39.5 Å². The quantitative estimate of drug-likeness (QED) is 0.479. The Morgan fingerprint density at radius 3 is 2.07 bits per heavy atom. The highest BCUT2D eigenvalue weighted by Crippen LogP contribution is 2.29. The SMILES string of the molecule is CC(Br)c1cc(N=C=O)[c]c(N=C=O)c1. The molecule has 0 bridgehead atoms. The Hall–Kier alpha value is -1.54. The summed E-state index contributed by atoms with van der Waals surface area (Å²) in [5, 5.41) is 0. The predicted molar refractivity (Wildman–Crippen MR) is 58.2 cm³/mol. The number of isocyanates is 2. The number of rotatable bonds is 3. The number of benzene rings is 1. The third-order valence-electron chi connectivity index (χ3n) is 1.65. The van der Waals surface area contributed by atoms with E-state index >= 15 is 0 Å². The Bertz CT molecular complexity index is 422. The van der Waals surface area contributed by atoms with Crippen molar-refractivity contribution in [2.45, 2.75) is 11.8 Å². The highest BCUT2D eigenvalue weighted by Gasteiger charge is 2.05. The van der Waals surface area contributed by atoms with Crippen LogP contribution in [0.15, 0.2) is 22.1 Å². The maximum atomic E-state index is 10.1. The lowest BCUT2D eigenvalue weighted by molar-refractivity contribution is 0.565. The van der Waals surface area contributed by atoms with Crippen molar-refractivity contribution in [2.24, 2.45) is 9.98 Å². The zero-order chi connectivity index (χ0) is 11.3. The number of alkyl halides is 1. The Labute approximate surface area is 94.9 Å². The molecule has 1 aromatic carbocycles. The monoisotopic (exact) mass is 265 g/mol. The lowest BCUT2D eigenvalue weighted by atomic mass is 10.1. The van der Waals surface area contributed by atoms with Crippen molar-refractivity contribution in [3.8, 4) is 0 Å². The van der Waals surface area contributed by atoms with Crippen LogP contribution in [-0.4, -0.2) is 12.2 Å². The second kappa shape index (κ2) is 5.37. The molecular weight excluding hydrogens is 260 g/mol. The van der Waals surface area contributed by atoms with Gasteiger partial charge in [0.1, 0.15) is 0 Å². The minimum absolute atomic E-state index is 0.0632. The van der Waals surface area contributed by atoms with E-state index in [1.54, 1.807) is 12.1 Å². The van der Waals surface area contributed by atoms with Gasteiger partial charge in [0.2, 0.25) is 12.2 Å². The molecule has 0 aliphatic heterocycles. The van der Waals surface area contributed by atoms with Gasteiger partial charge in [0.15, 0.2) is 0 Å². The molecule has 4 nitrogen and oxygen atoms in total. The smallest absolute Gasteiger partial charge is 0.211 e. The van der Waals surface area contributed by atoms with Gasteiger partial charge >= 0.3 is 0 Å². The number of hydrogen-bond donors (Lipinski definition) is 0. The second-order valence-corrected chi connectivity index (χ2v) is 4.08. The first-order valence-electron chi connectivity index (χ1n) is 4.04. The Balaban J connectivity index is 3.31. The topological polar surface area (TPSA) is 58.9 Å². The normalized spacial score (nSPS) is 11.1. The summed E-state index contributed by atoms with van der Waals surface area (Å²) in [5.74, 6) is 0. The van der Waals surface area contributed by atoms with Crippen molar-refractivity contribution in [2.75, 3.05) is 0 Å². The molecule has 0 N–H and O–H groups in total. The molecular formula is C10H6BrN2O2. The van der Waals surface area contributed by atoms with Gasteiger partial charge in [-0.1, -0.05) is 15.9 Å². The summed E-state index contributed by atoms with van der Waals surface area (Å²) in [5.41, 5.74) is 1.43. The minimum atomic E-state index is 0.0632. The fourth-order valence-corrected chi connectivity index (χ4v) is 1.27. The highest BCUT2D eigenvalue weighted by molar-refractivity contribution is 9.09. The van der Waals surface area contributed by atoms with E-state index in [4.69, 9.17) is 0 Å². The molecule has 1 aromatic rings. The van der Waals surface area contributed by atoms with Gasteiger partial charge in [-0.3, -0.25) is 0 Å². The van der Waals surface area contributed by atoms with E-state index in [1.807, 2.05) is 6.92 Å². The van der Waals surface area contributed by atoms with Gasteiger partial charge in [-0.2, -0.15) is 9.98 Å². The summed E-state index contributed by atoms with van der Waals surface area (Å²) < 4.78 is 0. The largest absolute Gasteiger partial charge is 0.240 e. The molecule has 0 spiro atoms. The van der Waals surface area contributed by atoms with Crippen LogP contribution in [0.5, 0.6) is 0 Å². The molecule has 75 valence electrons. The Kier molecular flexibility index (Phi) is 4.13. The lowest BCUT2D eigenvalue weighted by Crippen LogP contribution is -1.83. The van der Waals surface area contributed by atoms with Gasteiger partial charge in [0.05, 0.1) is 11.4 Å². The first kappa shape index (κ1) is 11.5. The van der Waals surface area contributed by atoms with E-state index in [1.165, 1.54) is 12.2 Å². The van der Waals surface area contributed by atoms with E-state index in [-0.39, 0.29) is 4.83 Å². The maximum absolute atomic E-state index is 10.1. The zero-order valence-electron chi connectivity index (χ0n) is 7.82. The molecule has 1 unspecified atom stereocenters. The summed E-state index contributed by atoms with van der Waals surface area (Å²) in [6, 6.07) is 5.98. The maximum Gasteiger partial charge on any atom is 0.240 e. The number of nitrogens with zero attached hydrogens (tertiary/aromatic N) is 2. The summed E-state index contributed by atoms with van der Waals surface area (Å²) in [7, 11) is 0. The summed E-state index contributed by atoms with van der Waals surface area (Å²) >= 11 is 3.36. The minimum Gasteiger partial charge on any atom is -0.211 e. The van der Waals surface area contributed by atoms with E-state index in [0.717, 1.165) is 5.56 Å². The number of halogens is 1. The predicted octanol–water partition coefficient (Wildman–Crippen LogP) is 2.88. The van der Waals surface area contributed by atoms with Crippen molar-refractivity contribution in [1.29, 1.82) is 0 Å². The molecule has 1 rings (SSSR count). The molecule has 0 amide bonds. The number of aliphatic imine (C=N–C) groups is 2. The van der Waals surface area contributed by atoms with E-state index in [0.29, 0.717) is 11.4 Å². The van der Waals surface area contributed by atoms with Crippen LogP contribution >= 0.6 is 15.9 Å². The van der Waals surface area contributed by atoms with Gasteiger partial charge in [-0.25, -0.2) is 9.59 Å². The van der Waals surface area contributed by atoms with Crippen molar-refractivity contribution in [1.82, 2.24) is 0 Å². The zero-order valence-corrected chi connectivity index (χ0v) is 9.41. The Morgan fingerprint density at radius 2 is 1.73 bits per heavy atom. The number of carbonyl (C=O) groups excluding carboxylic acids is 2. The van der Waals surface area contributed by atoms with Gasteiger partial charge in [0.25, 0.3) is 0 Å². The van der Waals surface area contributed by atoms with Crippen LogP contribution in [0.1, 0.15) is 17.3 Å². The molecule has 0 aromatic heterocycles. The standard InChI is InChI=1S/C10H6BrN2O2/c1-7(11)8-2-9(12-5-14)4-10(3-8)13-6-15/h2-3,7H,1H3. The highest BCUT2D eigenvalue weighted by atomic mass is 79.9. The van der Waals surface area contributed by atoms with Gasteiger partial charge in [-0.05, 0) is 24.6 Å². The van der Waals surface area contributed by atoms with Gasteiger partial charge in [0, 0.05) is 10.9 Å². The molecule has 0 heterocycles. The van der Waals surface area contributed by atoms with Gasteiger partial charge < -0.3 is 0 Å². The summed E-state index contributed by atoms with van der Waals surface area (Å²) in [6.07, 6.45) is 2.82. The van der Waals surface area contributed by atoms with E-state index in [9.17, 15) is 9.59 Å². The lowest BCUT2D eigenvalue weighted by Gasteiger charge is -2.04. The first-order chi connectivity index (χ1) is 7.17. The van der Waals surface area contributed by atoms with Crippen LogP contribution < -0.4 is 0 Å². The average molecular weight is 266 g/mol. The average Bonchev–Trinajstić information content (AvgIpc) is 2.18. The molecule has 0 fully saturated rings. The third-order valence-corrected chi connectivity index (χ3v) is 2.18. The van der Waals surface area contributed by atoms with E-state index < -0.39 is 0 Å². The molecule has 0 aliphatic carbocycles. The van der Waals surface area contributed by atoms with Crippen molar-refractivity contribution < 1.29 is 9.59 Å². The molecule has 0 saturated carbocycles. The second-order valence-electron chi connectivity index (χ2n) is 2.71. The summed E-state index contributed by atoms with van der Waals surface area (Å²) in [6.45, 7) is 1.90. The van der Waals surface area contributed by atoms with Crippen molar-refractivity contribution in [3.05, 3.63) is 23.8 Å². The first-order valence-corrected chi connectivity index (χ1v) is 4.96. The molecule has 1 atom stereocenters. The van der Waals surface area contributed by atoms with Crippen LogP contribution in [0.25, 0.3) is 0 Å². The molecule has 0 saturated heterocycles. The van der Waals surface area contributed by atoms with Crippen LogP contribution in [0, 0.1) is 6.07 Å². The molecule has 15 heavy (non-hydrogen) atoms. The molecule has 0 aliphatic rings. The number of hydrogen-bond acceptors (Lipinski definition) is 4. The van der Waals surface area contributed by atoms with Crippen LogP contribution in [0.2, 0.25) is 0 Å². The molecule has 1 radical (unpaired) electrons. The van der Waals surface area contributed by atoms with Crippen LogP contribution in [-0.2, 0) is 9.59 Å².